The van der Waals surface area contributed by atoms with Crippen molar-refractivity contribution in [1.82, 2.24) is 0 Å². The summed E-state index contributed by atoms with van der Waals surface area (Å²) in [6.07, 6.45) is 4.25. The van der Waals surface area contributed by atoms with Crippen LogP contribution in [-0.4, -0.2) is 47.2 Å². The number of unbranched alkanes of at least 4 members (excludes halogenated alkanes) is 4. The summed E-state index contributed by atoms with van der Waals surface area (Å²) in [5.74, 6) is -0.531. The number of aliphatic hydroxyl groups excluding tert-OH is 2. The number of ether oxygens (including phenoxy) is 2. The van der Waals surface area contributed by atoms with E-state index in [2.05, 4.69) is 13.8 Å². The van der Waals surface area contributed by atoms with E-state index in [9.17, 15) is 15.0 Å². The summed E-state index contributed by atoms with van der Waals surface area (Å²) in [7, 11) is 0. The Morgan fingerprint density at radius 2 is 1.85 bits per heavy atom. The van der Waals surface area contributed by atoms with E-state index >= 15 is 0 Å². The van der Waals surface area contributed by atoms with Crippen LogP contribution in [0.15, 0.2) is 0 Å². The zero-order valence-corrected chi connectivity index (χ0v) is 12.6. The number of hydrogen-bond donors (Lipinski definition) is 2. The highest BCUT2D eigenvalue weighted by molar-refractivity contribution is 5.83. The van der Waals surface area contributed by atoms with Gasteiger partial charge in [0.2, 0.25) is 0 Å². The third kappa shape index (κ3) is 3.93. The lowest BCUT2D eigenvalue weighted by Gasteiger charge is -2.29. The van der Waals surface area contributed by atoms with Crippen LogP contribution in [-0.2, 0) is 14.3 Å². The Kier molecular flexibility index (Phi) is 7.48. The molecular formula is C15H28O5. The topological polar surface area (TPSA) is 76.0 Å². The molecule has 0 aromatic heterocycles. The summed E-state index contributed by atoms with van der Waals surface area (Å²) in [5.41, 5.74) is -1.28. The highest BCUT2D eigenvalue weighted by atomic mass is 16.6. The number of esters is 1. The quantitative estimate of drug-likeness (QED) is 0.473. The van der Waals surface area contributed by atoms with Crippen molar-refractivity contribution in [1.29, 1.82) is 0 Å². The summed E-state index contributed by atoms with van der Waals surface area (Å²) in [5, 5.41) is 19.5. The molecule has 0 unspecified atom stereocenters. The van der Waals surface area contributed by atoms with Crippen molar-refractivity contribution in [2.45, 2.75) is 76.6 Å². The second-order valence-corrected chi connectivity index (χ2v) is 5.47. The van der Waals surface area contributed by atoms with Crippen LogP contribution >= 0.6 is 0 Å². The molecule has 0 aliphatic carbocycles. The zero-order chi connectivity index (χ0) is 15.0. The molecule has 0 amide bonds. The van der Waals surface area contributed by atoms with Gasteiger partial charge in [0.15, 0.2) is 11.7 Å². The molecule has 5 nitrogen and oxygen atoms in total. The van der Waals surface area contributed by atoms with E-state index in [1.165, 1.54) is 0 Å². The molecule has 5 heteroatoms. The minimum absolute atomic E-state index is 0.374. The predicted octanol–water partition coefficient (Wildman–Crippen LogP) is 1.79. The van der Waals surface area contributed by atoms with Crippen LogP contribution in [0.25, 0.3) is 0 Å². The molecule has 0 bridgehead atoms. The van der Waals surface area contributed by atoms with Gasteiger partial charge in [-0.15, -0.1) is 0 Å². The average molecular weight is 288 g/mol. The van der Waals surface area contributed by atoms with Crippen molar-refractivity contribution in [3.8, 4) is 0 Å². The minimum Gasteiger partial charge on any atom is -0.455 e. The summed E-state index contributed by atoms with van der Waals surface area (Å²) < 4.78 is 10.8. The molecule has 0 radical (unpaired) electrons. The van der Waals surface area contributed by atoms with E-state index in [0.29, 0.717) is 13.0 Å². The molecule has 1 aliphatic rings. The van der Waals surface area contributed by atoms with Gasteiger partial charge in [0, 0.05) is 6.61 Å². The molecule has 0 saturated carbocycles. The maximum Gasteiger partial charge on any atom is 0.341 e. The normalized spacial score (nSPS) is 29.7. The SMILES string of the molecule is CCCCCO[C@@]1(CCCCC)C(=O)O[C@H](CO)[C@H]1O. The first-order valence-electron chi connectivity index (χ1n) is 7.76. The van der Waals surface area contributed by atoms with Gasteiger partial charge in [-0.05, 0) is 19.3 Å². The molecule has 3 atom stereocenters. The Bertz CT molecular complexity index is 294. The minimum atomic E-state index is -1.28. The summed E-state index contributed by atoms with van der Waals surface area (Å²) in [6.45, 7) is 4.23. The number of rotatable bonds is 10. The van der Waals surface area contributed by atoms with Gasteiger partial charge in [0.1, 0.15) is 6.10 Å². The molecule has 1 aliphatic heterocycles. The molecule has 1 fully saturated rings. The first kappa shape index (κ1) is 17.4. The average Bonchev–Trinajstić information content (AvgIpc) is 2.68. The third-order valence-electron chi connectivity index (χ3n) is 3.87. The molecular weight excluding hydrogens is 260 g/mol. The Hall–Kier alpha value is -0.650. The van der Waals surface area contributed by atoms with Gasteiger partial charge in [0.25, 0.3) is 0 Å². The van der Waals surface area contributed by atoms with Gasteiger partial charge < -0.3 is 19.7 Å². The maximum absolute atomic E-state index is 12.1. The molecule has 1 rings (SSSR count). The van der Waals surface area contributed by atoms with Crippen LogP contribution in [0.5, 0.6) is 0 Å². The van der Waals surface area contributed by atoms with E-state index < -0.39 is 23.8 Å². The van der Waals surface area contributed by atoms with Crippen molar-refractivity contribution in [2.24, 2.45) is 0 Å². The Balaban J connectivity index is 2.69. The third-order valence-corrected chi connectivity index (χ3v) is 3.87. The van der Waals surface area contributed by atoms with E-state index in [1.807, 2.05) is 0 Å². The Labute approximate surface area is 121 Å². The first-order chi connectivity index (χ1) is 9.62. The van der Waals surface area contributed by atoms with Crippen molar-refractivity contribution >= 4 is 5.97 Å². The highest BCUT2D eigenvalue weighted by Gasteiger charge is 2.57. The van der Waals surface area contributed by atoms with Crippen LogP contribution in [0.1, 0.15) is 58.8 Å². The largest absolute Gasteiger partial charge is 0.455 e. The number of carbonyl (C=O) groups is 1. The second-order valence-electron chi connectivity index (χ2n) is 5.47. The van der Waals surface area contributed by atoms with Gasteiger partial charge in [0.05, 0.1) is 6.61 Å². The second kappa shape index (κ2) is 8.60. The molecule has 20 heavy (non-hydrogen) atoms. The summed E-state index contributed by atoms with van der Waals surface area (Å²) in [4.78, 5) is 12.1. The van der Waals surface area contributed by atoms with Crippen LogP contribution < -0.4 is 0 Å². The van der Waals surface area contributed by atoms with Crippen molar-refractivity contribution in [3.05, 3.63) is 0 Å². The molecule has 2 N–H and O–H groups in total. The van der Waals surface area contributed by atoms with Gasteiger partial charge in [-0.3, -0.25) is 0 Å². The van der Waals surface area contributed by atoms with Crippen molar-refractivity contribution in [2.75, 3.05) is 13.2 Å². The Morgan fingerprint density at radius 1 is 1.20 bits per heavy atom. The van der Waals surface area contributed by atoms with Crippen LogP contribution in [0.4, 0.5) is 0 Å². The zero-order valence-electron chi connectivity index (χ0n) is 12.6. The summed E-state index contributed by atoms with van der Waals surface area (Å²) >= 11 is 0. The number of hydrogen-bond acceptors (Lipinski definition) is 5. The Morgan fingerprint density at radius 3 is 2.40 bits per heavy atom. The van der Waals surface area contributed by atoms with Crippen molar-refractivity contribution < 1.29 is 24.5 Å². The fourth-order valence-electron chi connectivity index (χ4n) is 2.57. The van der Waals surface area contributed by atoms with Gasteiger partial charge in [-0.2, -0.15) is 0 Å². The smallest absolute Gasteiger partial charge is 0.341 e. The lowest BCUT2D eigenvalue weighted by molar-refractivity contribution is -0.166. The predicted molar refractivity (Wildman–Crippen MR) is 75.3 cm³/mol. The standard InChI is InChI=1S/C15H28O5/c1-3-5-7-9-15(19-10-8-6-4-2)13(17)12(11-16)20-14(15)18/h12-13,16-17H,3-11H2,1-2H3/t12-,13-,15-/m1/s1. The number of carbonyl (C=O) groups excluding carboxylic acids is 1. The molecule has 118 valence electrons. The lowest BCUT2D eigenvalue weighted by atomic mass is 9.89. The fraction of sp³-hybridized carbons (Fsp3) is 0.933. The number of aliphatic hydroxyl groups is 2. The molecule has 1 saturated heterocycles. The van der Waals surface area contributed by atoms with Crippen molar-refractivity contribution in [3.63, 3.8) is 0 Å². The van der Waals surface area contributed by atoms with Gasteiger partial charge in [-0.1, -0.05) is 39.5 Å². The monoisotopic (exact) mass is 288 g/mol. The van der Waals surface area contributed by atoms with Crippen LogP contribution in [0.3, 0.4) is 0 Å². The lowest BCUT2D eigenvalue weighted by Crippen LogP contribution is -2.49. The van der Waals surface area contributed by atoms with E-state index in [0.717, 1.165) is 38.5 Å². The fourth-order valence-corrected chi connectivity index (χ4v) is 2.57. The molecule has 1 heterocycles. The summed E-state index contributed by atoms with van der Waals surface area (Å²) in [6, 6.07) is 0. The maximum atomic E-state index is 12.1. The van der Waals surface area contributed by atoms with Gasteiger partial charge in [-0.25, -0.2) is 4.79 Å². The highest BCUT2D eigenvalue weighted by Crippen LogP contribution is 2.35. The first-order valence-corrected chi connectivity index (χ1v) is 7.76. The van der Waals surface area contributed by atoms with E-state index in [-0.39, 0.29) is 6.61 Å². The molecule has 0 aromatic carbocycles. The van der Waals surface area contributed by atoms with E-state index in [1.54, 1.807) is 0 Å². The molecule has 0 spiro atoms. The van der Waals surface area contributed by atoms with Crippen LogP contribution in [0, 0.1) is 0 Å². The van der Waals surface area contributed by atoms with E-state index in [4.69, 9.17) is 9.47 Å². The number of cyclic esters (lactones) is 1. The van der Waals surface area contributed by atoms with Crippen LogP contribution in [0.2, 0.25) is 0 Å². The van der Waals surface area contributed by atoms with Gasteiger partial charge >= 0.3 is 5.97 Å². The molecule has 0 aromatic rings.